The fourth-order valence-electron chi connectivity index (χ4n) is 3.04. The number of rotatable bonds is 3. The molecule has 0 amide bonds. The third-order valence-electron chi connectivity index (χ3n) is 4.12. The van der Waals surface area contributed by atoms with E-state index in [1.54, 1.807) is 12.1 Å². The number of hydrogen-bond donors (Lipinski definition) is 1. The SMILES string of the molecule is CNC(c1ccc2c(c1)CCC2)c1ccc(Br)c(Cl)c1F. The number of fused-ring (bicyclic) bond motifs is 1. The van der Waals surface area contributed by atoms with E-state index < -0.39 is 0 Å². The summed E-state index contributed by atoms with van der Waals surface area (Å²) < 4.78 is 15.0. The Morgan fingerprint density at radius 2 is 1.95 bits per heavy atom. The van der Waals surface area contributed by atoms with Crippen LogP contribution in [0, 0.1) is 5.82 Å². The van der Waals surface area contributed by atoms with Gasteiger partial charge in [-0.1, -0.05) is 35.9 Å². The van der Waals surface area contributed by atoms with Crippen LogP contribution in [-0.4, -0.2) is 7.05 Å². The van der Waals surface area contributed by atoms with Crippen LogP contribution in [-0.2, 0) is 12.8 Å². The molecule has 0 aliphatic heterocycles. The van der Waals surface area contributed by atoms with E-state index in [0.29, 0.717) is 10.0 Å². The topological polar surface area (TPSA) is 12.0 Å². The Kier molecular flexibility index (Phi) is 4.34. The van der Waals surface area contributed by atoms with Crippen molar-refractivity contribution in [3.8, 4) is 0 Å². The zero-order chi connectivity index (χ0) is 15.0. The van der Waals surface area contributed by atoms with Crippen LogP contribution < -0.4 is 5.32 Å². The molecule has 1 N–H and O–H groups in total. The molecule has 1 atom stereocenters. The second-order valence-corrected chi connectivity index (χ2v) is 6.60. The van der Waals surface area contributed by atoms with Crippen molar-refractivity contribution >= 4 is 27.5 Å². The van der Waals surface area contributed by atoms with Gasteiger partial charge in [0.2, 0.25) is 0 Å². The Labute approximate surface area is 137 Å². The highest BCUT2D eigenvalue weighted by molar-refractivity contribution is 9.10. The van der Waals surface area contributed by atoms with Crippen LogP contribution in [0.5, 0.6) is 0 Å². The molecular weight excluding hydrogens is 353 g/mol. The van der Waals surface area contributed by atoms with Gasteiger partial charge in [-0.3, -0.25) is 0 Å². The Hall–Kier alpha value is -0.900. The van der Waals surface area contributed by atoms with Gasteiger partial charge in [0.15, 0.2) is 0 Å². The van der Waals surface area contributed by atoms with Gasteiger partial charge < -0.3 is 5.32 Å². The van der Waals surface area contributed by atoms with Gasteiger partial charge in [-0.05, 0) is 65.0 Å². The lowest BCUT2D eigenvalue weighted by Gasteiger charge is -2.20. The summed E-state index contributed by atoms with van der Waals surface area (Å²) in [4.78, 5) is 0. The molecule has 0 aromatic heterocycles. The van der Waals surface area contributed by atoms with Crippen LogP contribution in [0.4, 0.5) is 4.39 Å². The predicted octanol–water partition coefficient (Wildman–Crippen LogP) is 5.04. The molecule has 0 saturated heterocycles. The van der Waals surface area contributed by atoms with Crippen LogP contribution in [0.3, 0.4) is 0 Å². The van der Waals surface area contributed by atoms with Crippen molar-refractivity contribution in [3.05, 3.63) is 67.9 Å². The molecule has 3 rings (SSSR count). The highest BCUT2D eigenvalue weighted by atomic mass is 79.9. The predicted molar refractivity (Wildman–Crippen MR) is 88.5 cm³/mol. The Balaban J connectivity index is 2.05. The van der Waals surface area contributed by atoms with E-state index in [4.69, 9.17) is 11.6 Å². The molecule has 1 aliphatic carbocycles. The van der Waals surface area contributed by atoms with E-state index in [9.17, 15) is 4.39 Å². The van der Waals surface area contributed by atoms with Gasteiger partial charge in [0.25, 0.3) is 0 Å². The largest absolute Gasteiger partial charge is 0.309 e. The van der Waals surface area contributed by atoms with Crippen LogP contribution >= 0.6 is 27.5 Å². The smallest absolute Gasteiger partial charge is 0.148 e. The molecule has 0 bridgehead atoms. The maximum Gasteiger partial charge on any atom is 0.148 e. The van der Waals surface area contributed by atoms with Gasteiger partial charge >= 0.3 is 0 Å². The van der Waals surface area contributed by atoms with Gasteiger partial charge in [-0.25, -0.2) is 4.39 Å². The molecule has 4 heteroatoms. The van der Waals surface area contributed by atoms with E-state index in [1.807, 2.05) is 7.05 Å². The van der Waals surface area contributed by atoms with Crippen molar-refractivity contribution in [1.29, 1.82) is 0 Å². The Morgan fingerprint density at radius 1 is 1.19 bits per heavy atom. The molecule has 1 nitrogen and oxygen atoms in total. The van der Waals surface area contributed by atoms with E-state index in [2.05, 4.69) is 39.4 Å². The average molecular weight is 369 g/mol. The summed E-state index contributed by atoms with van der Waals surface area (Å²) in [7, 11) is 1.84. The number of halogens is 3. The minimum absolute atomic E-state index is 0.133. The fraction of sp³-hybridized carbons (Fsp3) is 0.294. The lowest BCUT2D eigenvalue weighted by molar-refractivity contribution is 0.575. The quantitative estimate of drug-likeness (QED) is 0.748. The van der Waals surface area contributed by atoms with E-state index in [0.717, 1.165) is 18.4 Å². The minimum atomic E-state index is -0.370. The maximum absolute atomic E-state index is 14.5. The summed E-state index contributed by atoms with van der Waals surface area (Å²) in [5.41, 5.74) is 4.46. The maximum atomic E-state index is 14.5. The third-order valence-corrected chi connectivity index (χ3v) is 5.38. The molecule has 2 aromatic carbocycles. The van der Waals surface area contributed by atoms with E-state index in [1.165, 1.54) is 17.5 Å². The molecule has 21 heavy (non-hydrogen) atoms. The fourth-order valence-corrected chi connectivity index (χ4v) is 3.52. The van der Waals surface area contributed by atoms with Crippen LogP contribution in [0.15, 0.2) is 34.8 Å². The summed E-state index contributed by atoms with van der Waals surface area (Å²) in [5, 5.41) is 3.33. The van der Waals surface area contributed by atoms with Gasteiger partial charge in [0.05, 0.1) is 11.1 Å². The van der Waals surface area contributed by atoms with Crippen molar-refractivity contribution in [2.75, 3.05) is 7.05 Å². The van der Waals surface area contributed by atoms with Crippen LogP contribution in [0.2, 0.25) is 5.02 Å². The molecular formula is C17H16BrClFN. The first kappa shape index (κ1) is 15.0. The first-order valence-electron chi connectivity index (χ1n) is 7.04. The van der Waals surface area contributed by atoms with E-state index >= 15 is 0 Å². The molecule has 1 aliphatic rings. The van der Waals surface area contributed by atoms with Crippen molar-refractivity contribution in [2.24, 2.45) is 0 Å². The zero-order valence-corrected chi connectivity index (χ0v) is 14.1. The van der Waals surface area contributed by atoms with Gasteiger partial charge in [0.1, 0.15) is 5.82 Å². The number of nitrogens with one attached hydrogen (secondary N) is 1. The lowest BCUT2D eigenvalue weighted by atomic mass is 9.95. The van der Waals surface area contributed by atoms with Gasteiger partial charge in [-0.15, -0.1) is 0 Å². The number of aryl methyl sites for hydroxylation is 2. The zero-order valence-electron chi connectivity index (χ0n) is 11.7. The second kappa shape index (κ2) is 6.07. The molecule has 2 aromatic rings. The monoisotopic (exact) mass is 367 g/mol. The minimum Gasteiger partial charge on any atom is -0.309 e. The first-order valence-corrected chi connectivity index (χ1v) is 8.21. The highest BCUT2D eigenvalue weighted by Gasteiger charge is 2.21. The lowest BCUT2D eigenvalue weighted by Crippen LogP contribution is -2.19. The van der Waals surface area contributed by atoms with Crippen LogP contribution in [0.25, 0.3) is 0 Å². The summed E-state index contributed by atoms with van der Waals surface area (Å²) in [6.07, 6.45) is 3.48. The molecule has 0 saturated carbocycles. The molecule has 1 unspecified atom stereocenters. The summed E-state index contributed by atoms with van der Waals surface area (Å²) in [6.45, 7) is 0. The molecule has 0 spiro atoms. The third kappa shape index (κ3) is 2.75. The molecule has 110 valence electrons. The molecule has 0 radical (unpaired) electrons. The van der Waals surface area contributed by atoms with Crippen molar-refractivity contribution in [1.82, 2.24) is 5.32 Å². The standard InChI is InChI=1S/C17H16BrClFN/c1-21-17(13-7-8-14(18)15(19)16(13)20)12-6-5-10-3-2-4-11(10)9-12/h5-9,17,21H,2-4H2,1H3. The number of hydrogen-bond acceptors (Lipinski definition) is 1. The molecule has 0 heterocycles. The summed E-state index contributed by atoms with van der Waals surface area (Å²) in [6, 6.07) is 9.82. The average Bonchev–Trinajstić information content (AvgIpc) is 2.95. The van der Waals surface area contributed by atoms with Gasteiger partial charge in [-0.2, -0.15) is 0 Å². The Bertz CT molecular complexity index is 687. The van der Waals surface area contributed by atoms with Crippen LogP contribution in [0.1, 0.15) is 34.7 Å². The van der Waals surface area contributed by atoms with E-state index in [-0.39, 0.29) is 16.9 Å². The first-order chi connectivity index (χ1) is 10.1. The Morgan fingerprint density at radius 3 is 2.71 bits per heavy atom. The second-order valence-electron chi connectivity index (χ2n) is 5.37. The highest BCUT2D eigenvalue weighted by Crippen LogP contribution is 2.34. The summed E-state index contributed by atoms with van der Waals surface area (Å²) in [5.74, 6) is -0.370. The van der Waals surface area contributed by atoms with Gasteiger partial charge in [0, 0.05) is 10.0 Å². The molecule has 0 fully saturated rings. The van der Waals surface area contributed by atoms with Crippen molar-refractivity contribution in [2.45, 2.75) is 25.3 Å². The van der Waals surface area contributed by atoms with Crippen molar-refractivity contribution in [3.63, 3.8) is 0 Å². The number of benzene rings is 2. The normalized spacial score (nSPS) is 15.0. The summed E-state index contributed by atoms with van der Waals surface area (Å²) >= 11 is 9.27. The van der Waals surface area contributed by atoms with Crippen molar-refractivity contribution < 1.29 is 4.39 Å².